The number of unbranched alkanes of at least 4 members (excludes halogenated alkanes) is 6. The van der Waals surface area contributed by atoms with Crippen molar-refractivity contribution in [3.63, 3.8) is 0 Å². The molecule has 3 rings (SSSR count). The normalized spacial score (nSPS) is 10.8. The fraction of sp³-hybridized carbons (Fsp3) is 0.371. The molecule has 0 saturated heterocycles. The Morgan fingerprint density at radius 1 is 0.628 bits per heavy atom. The van der Waals surface area contributed by atoms with Crippen LogP contribution in [0.5, 0.6) is 17.2 Å². The Balaban J connectivity index is 1.34. The van der Waals surface area contributed by atoms with Crippen LogP contribution in [0.25, 0.3) is 0 Å². The molecule has 0 spiro atoms. The fourth-order valence-corrected chi connectivity index (χ4v) is 3.91. The second-order valence-corrected chi connectivity index (χ2v) is 10.2. The van der Waals surface area contributed by atoms with E-state index >= 15 is 0 Å². The SMILES string of the molecule is C=C(C)C(=O)OCCCCCCOc1ccc(C(=O)Oc2ccc(N=Nc3ccc(OCCCCCC)cc3)cc2)cc1. The summed E-state index contributed by atoms with van der Waals surface area (Å²) in [6.07, 6.45) is 8.31. The van der Waals surface area contributed by atoms with Crippen molar-refractivity contribution in [1.29, 1.82) is 0 Å². The van der Waals surface area contributed by atoms with Crippen LogP contribution in [0.15, 0.2) is 95.2 Å². The highest BCUT2D eigenvalue weighted by molar-refractivity contribution is 5.91. The van der Waals surface area contributed by atoms with E-state index in [9.17, 15) is 9.59 Å². The van der Waals surface area contributed by atoms with Gasteiger partial charge in [-0.15, -0.1) is 0 Å². The largest absolute Gasteiger partial charge is 0.494 e. The topological polar surface area (TPSA) is 95.8 Å². The number of carbonyl (C=O) groups is 2. The molecule has 0 fully saturated rings. The van der Waals surface area contributed by atoms with Crippen LogP contribution >= 0.6 is 0 Å². The van der Waals surface area contributed by atoms with Gasteiger partial charge in [-0.3, -0.25) is 0 Å². The van der Waals surface area contributed by atoms with Crippen LogP contribution < -0.4 is 14.2 Å². The lowest BCUT2D eigenvalue weighted by atomic mass is 10.2. The van der Waals surface area contributed by atoms with Crippen LogP contribution in [0.4, 0.5) is 11.4 Å². The summed E-state index contributed by atoms with van der Waals surface area (Å²) >= 11 is 0. The van der Waals surface area contributed by atoms with Gasteiger partial charge < -0.3 is 18.9 Å². The van der Waals surface area contributed by atoms with Crippen molar-refractivity contribution >= 4 is 23.3 Å². The van der Waals surface area contributed by atoms with Gasteiger partial charge in [-0.2, -0.15) is 10.2 Å². The monoisotopic (exact) mass is 586 g/mol. The number of hydrogen-bond acceptors (Lipinski definition) is 8. The van der Waals surface area contributed by atoms with E-state index in [1.807, 2.05) is 24.3 Å². The minimum Gasteiger partial charge on any atom is -0.494 e. The van der Waals surface area contributed by atoms with Crippen molar-refractivity contribution in [3.8, 4) is 17.2 Å². The lowest BCUT2D eigenvalue weighted by Gasteiger charge is -2.08. The molecule has 0 aliphatic carbocycles. The highest BCUT2D eigenvalue weighted by Crippen LogP contribution is 2.24. The molecular weight excluding hydrogens is 544 g/mol. The van der Waals surface area contributed by atoms with E-state index in [1.54, 1.807) is 55.5 Å². The van der Waals surface area contributed by atoms with E-state index in [-0.39, 0.29) is 5.97 Å². The summed E-state index contributed by atoms with van der Waals surface area (Å²) in [5.41, 5.74) is 2.20. The first-order valence-corrected chi connectivity index (χ1v) is 15.0. The van der Waals surface area contributed by atoms with E-state index in [0.29, 0.717) is 41.5 Å². The van der Waals surface area contributed by atoms with Gasteiger partial charge in [0.15, 0.2) is 0 Å². The van der Waals surface area contributed by atoms with Gasteiger partial charge in [0.05, 0.1) is 36.8 Å². The third kappa shape index (κ3) is 12.9. The van der Waals surface area contributed by atoms with E-state index in [4.69, 9.17) is 18.9 Å². The summed E-state index contributed by atoms with van der Waals surface area (Å²) in [6, 6.07) is 21.2. The van der Waals surface area contributed by atoms with Gasteiger partial charge in [0.2, 0.25) is 0 Å². The Morgan fingerprint density at radius 2 is 1.09 bits per heavy atom. The van der Waals surface area contributed by atoms with E-state index < -0.39 is 5.97 Å². The Kier molecular flexibility index (Phi) is 14.5. The zero-order valence-corrected chi connectivity index (χ0v) is 25.3. The molecule has 0 aliphatic rings. The first-order valence-electron chi connectivity index (χ1n) is 15.0. The average molecular weight is 587 g/mol. The molecule has 0 heterocycles. The highest BCUT2D eigenvalue weighted by atomic mass is 16.5. The van der Waals surface area contributed by atoms with Crippen molar-refractivity contribution in [3.05, 3.63) is 90.5 Å². The van der Waals surface area contributed by atoms with Crippen molar-refractivity contribution in [2.45, 2.75) is 65.2 Å². The molecule has 3 aromatic carbocycles. The molecule has 0 unspecified atom stereocenters. The minimum absolute atomic E-state index is 0.344. The van der Waals surface area contributed by atoms with E-state index in [0.717, 1.165) is 50.1 Å². The molecular formula is C35H42N2O6. The van der Waals surface area contributed by atoms with Crippen molar-refractivity contribution in [2.75, 3.05) is 19.8 Å². The molecule has 0 bridgehead atoms. The Hall–Kier alpha value is -4.46. The molecule has 8 nitrogen and oxygen atoms in total. The summed E-state index contributed by atoms with van der Waals surface area (Å²) in [5, 5.41) is 8.53. The molecule has 0 aromatic heterocycles. The number of hydrogen-bond donors (Lipinski definition) is 0. The molecule has 8 heteroatoms. The smallest absolute Gasteiger partial charge is 0.343 e. The number of ether oxygens (including phenoxy) is 4. The van der Waals surface area contributed by atoms with Gasteiger partial charge in [0, 0.05) is 5.57 Å². The van der Waals surface area contributed by atoms with E-state index in [2.05, 4.69) is 23.7 Å². The predicted molar refractivity (Wildman–Crippen MR) is 168 cm³/mol. The van der Waals surface area contributed by atoms with Gasteiger partial charge in [-0.25, -0.2) is 9.59 Å². The average Bonchev–Trinajstić information content (AvgIpc) is 3.02. The second kappa shape index (κ2) is 18.9. The lowest BCUT2D eigenvalue weighted by Crippen LogP contribution is -2.08. The zero-order chi connectivity index (χ0) is 30.7. The molecule has 0 radical (unpaired) electrons. The van der Waals surface area contributed by atoms with Crippen molar-refractivity contribution in [1.82, 2.24) is 0 Å². The Bertz CT molecular complexity index is 1300. The predicted octanol–water partition coefficient (Wildman–Crippen LogP) is 9.34. The van der Waals surface area contributed by atoms with Crippen LogP contribution in [0, 0.1) is 0 Å². The van der Waals surface area contributed by atoms with Crippen LogP contribution in [-0.2, 0) is 9.53 Å². The van der Waals surface area contributed by atoms with E-state index in [1.165, 1.54) is 19.3 Å². The summed E-state index contributed by atoms with van der Waals surface area (Å²) in [4.78, 5) is 23.9. The molecule has 43 heavy (non-hydrogen) atoms. The minimum atomic E-state index is -0.457. The number of benzene rings is 3. The summed E-state index contributed by atoms with van der Waals surface area (Å²) in [7, 11) is 0. The number of azo groups is 1. The van der Waals surface area contributed by atoms with Gasteiger partial charge >= 0.3 is 11.9 Å². The second-order valence-electron chi connectivity index (χ2n) is 10.2. The summed E-state index contributed by atoms with van der Waals surface area (Å²) < 4.78 is 22.1. The summed E-state index contributed by atoms with van der Waals surface area (Å²) in [5.74, 6) is 1.13. The molecule has 3 aromatic rings. The molecule has 0 saturated carbocycles. The van der Waals surface area contributed by atoms with Crippen LogP contribution in [-0.4, -0.2) is 31.8 Å². The van der Waals surface area contributed by atoms with Gasteiger partial charge in [-0.1, -0.05) is 32.8 Å². The van der Waals surface area contributed by atoms with Crippen LogP contribution in [0.3, 0.4) is 0 Å². The molecule has 228 valence electrons. The number of carbonyl (C=O) groups excluding carboxylic acids is 2. The first kappa shape index (κ1) is 33.0. The van der Waals surface area contributed by atoms with Gasteiger partial charge in [0.1, 0.15) is 17.2 Å². The number of nitrogens with zero attached hydrogens (tertiary/aromatic N) is 2. The first-order chi connectivity index (χ1) is 20.9. The number of rotatable bonds is 19. The maximum Gasteiger partial charge on any atom is 0.343 e. The maximum absolute atomic E-state index is 12.6. The Morgan fingerprint density at radius 3 is 1.60 bits per heavy atom. The van der Waals surface area contributed by atoms with Crippen molar-refractivity contribution in [2.24, 2.45) is 10.2 Å². The molecule has 0 amide bonds. The molecule has 0 aliphatic heterocycles. The molecule has 0 atom stereocenters. The standard InChI is InChI=1S/C35H42N2O6/c1-4-5-6-9-24-41-32-20-14-29(15-21-32)36-37-30-16-22-33(23-17-30)43-35(39)28-12-18-31(19-13-28)40-25-10-7-8-11-26-42-34(38)27(2)3/h12-23H,2,4-11,24-26H2,1,3H3. The maximum atomic E-state index is 12.6. The van der Waals surface area contributed by atoms with Crippen LogP contribution in [0.1, 0.15) is 75.6 Å². The quantitative estimate of drug-likeness (QED) is 0.0456. The third-order valence-electron chi connectivity index (χ3n) is 6.41. The zero-order valence-electron chi connectivity index (χ0n) is 25.3. The van der Waals surface area contributed by atoms with Gasteiger partial charge in [-0.05, 0) is 112 Å². The van der Waals surface area contributed by atoms with Gasteiger partial charge in [0.25, 0.3) is 0 Å². The fourth-order valence-electron chi connectivity index (χ4n) is 3.91. The van der Waals surface area contributed by atoms with Crippen LogP contribution in [0.2, 0.25) is 0 Å². The lowest BCUT2D eigenvalue weighted by molar-refractivity contribution is -0.139. The van der Waals surface area contributed by atoms with Crippen molar-refractivity contribution < 1.29 is 28.5 Å². The molecule has 0 N–H and O–H groups in total. The highest BCUT2D eigenvalue weighted by Gasteiger charge is 2.09. The third-order valence-corrected chi connectivity index (χ3v) is 6.41. The number of esters is 2. The Labute approximate surface area is 254 Å². The summed E-state index contributed by atoms with van der Waals surface area (Å²) in [6.45, 7) is 9.08.